The Morgan fingerprint density at radius 3 is 2.05 bits per heavy atom. The molecule has 1 N–H and O–H groups in total. The second kappa shape index (κ2) is 11.2. The molecule has 0 aliphatic carbocycles. The Morgan fingerprint density at radius 2 is 1.36 bits per heavy atom. The first-order valence-electron chi connectivity index (χ1n) is 13.3. The van der Waals surface area contributed by atoms with Gasteiger partial charge in [0.25, 0.3) is 0 Å². The summed E-state index contributed by atoms with van der Waals surface area (Å²) < 4.78 is 20.8. The highest BCUT2D eigenvalue weighted by Gasteiger charge is 2.29. The lowest BCUT2D eigenvalue weighted by Crippen LogP contribution is -2.46. The summed E-state index contributed by atoms with van der Waals surface area (Å²) >= 11 is 0. The predicted molar refractivity (Wildman–Crippen MR) is 153 cm³/mol. The number of benzene rings is 4. The Bertz CT molecular complexity index is 1510. The lowest BCUT2D eigenvalue weighted by Gasteiger charge is -2.38. The highest BCUT2D eigenvalue weighted by molar-refractivity contribution is 5.67. The van der Waals surface area contributed by atoms with Gasteiger partial charge in [0.1, 0.15) is 17.3 Å². The SMILES string of the molecule is CN1CCN(C(c2ccc(-c3ccc(Oc4ccccc4)cc3)cc2)c2cn[nH]c2-c2ccccc2F)CC1. The molecular weight excluding hydrogens is 487 g/mol. The summed E-state index contributed by atoms with van der Waals surface area (Å²) in [4.78, 5) is 4.81. The maximum atomic E-state index is 14.8. The molecule has 0 radical (unpaired) electrons. The fourth-order valence-electron chi connectivity index (χ4n) is 5.25. The average molecular weight is 519 g/mol. The summed E-state index contributed by atoms with van der Waals surface area (Å²) in [5.41, 5.74) is 5.66. The molecule has 1 aliphatic rings. The molecule has 6 rings (SSSR count). The van der Waals surface area contributed by atoms with Gasteiger partial charge in [-0.05, 0) is 60.1 Å². The Hall–Kier alpha value is -4.26. The van der Waals surface area contributed by atoms with Crippen LogP contribution >= 0.6 is 0 Å². The van der Waals surface area contributed by atoms with Gasteiger partial charge in [0.05, 0.1) is 17.9 Å². The molecule has 1 fully saturated rings. The molecule has 0 amide bonds. The van der Waals surface area contributed by atoms with E-state index in [1.807, 2.05) is 60.8 Å². The third-order valence-corrected chi connectivity index (χ3v) is 7.40. The summed E-state index contributed by atoms with van der Waals surface area (Å²) in [5, 5.41) is 7.44. The van der Waals surface area contributed by atoms with Crippen LogP contribution in [0.25, 0.3) is 22.4 Å². The van der Waals surface area contributed by atoms with Crippen LogP contribution in [0, 0.1) is 5.82 Å². The average Bonchev–Trinajstić information content (AvgIpc) is 3.45. The third-order valence-electron chi connectivity index (χ3n) is 7.40. The van der Waals surface area contributed by atoms with Crippen LogP contribution in [0.4, 0.5) is 4.39 Å². The lowest BCUT2D eigenvalue weighted by atomic mass is 9.92. The van der Waals surface area contributed by atoms with Crippen molar-refractivity contribution in [2.24, 2.45) is 0 Å². The summed E-state index contributed by atoms with van der Waals surface area (Å²) in [6, 6.07) is 33.5. The fraction of sp³-hybridized carbons (Fsp3) is 0.182. The minimum atomic E-state index is -0.254. The van der Waals surface area contributed by atoms with Crippen molar-refractivity contribution < 1.29 is 9.13 Å². The number of hydrogen-bond acceptors (Lipinski definition) is 4. The van der Waals surface area contributed by atoms with Crippen molar-refractivity contribution in [3.05, 3.63) is 126 Å². The van der Waals surface area contributed by atoms with Gasteiger partial charge in [-0.2, -0.15) is 5.10 Å². The Kier molecular flexibility index (Phi) is 7.21. The van der Waals surface area contributed by atoms with Gasteiger partial charge in [0.15, 0.2) is 0 Å². The molecule has 0 saturated carbocycles. The number of nitrogens with one attached hydrogen (secondary N) is 1. The van der Waals surface area contributed by atoms with Crippen molar-refractivity contribution in [2.75, 3.05) is 33.2 Å². The molecule has 0 spiro atoms. The molecule has 5 aromatic rings. The highest BCUT2D eigenvalue weighted by Crippen LogP contribution is 2.37. The standard InChI is InChI=1S/C33H31FN4O/c1-37-19-21-38(22-20-37)33(30-23-35-36-32(30)29-9-5-6-10-31(29)34)26-13-11-24(12-14-26)25-15-17-28(18-16-25)39-27-7-3-2-4-8-27/h2-18,23,33H,19-22H2,1H3,(H,35,36). The molecule has 1 saturated heterocycles. The van der Waals surface area contributed by atoms with E-state index in [1.165, 1.54) is 6.07 Å². The minimum absolute atomic E-state index is 0.0391. The van der Waals surface area contributed by atoms with Gasteiger partial charge in [-0.15, -0.1) is 0 Å². The molecule has 2 heterocycles. The van der Waals surface area contributed by atoms with E-state index in [1.54, 1.807) is 6.07 Å². The van der Waals surface area contributed by atoms with Crippen LogP contribution in [-0.2, 0) is 0 Å². The van der Waals surface area contributed by atoms with Crippen LogP contribution in [0.5, 0.6) is 11.5 Å². The fourth-order valence-corrected chi connectivity index (χ4v) is 5.25. The molecule has 196 valence electrons. The first kappa shape index (κ1) is 25.0. The van der Waals surface area contributed by atoms with Crippen LogP contribution in [0.15, 0.2) is 109 Å². The molecule has 1 aromatic heterocycles. The molecular formula is C33H31FN4O. The van der Waals surface area contributed by atoms with Gasteiger partial charge in [-0.3, -0.25) is 10.00 Å². The van der Waals surface area contributed by atoms with Crippen molar-refractivity contribution in [2.45, 2.75) is 6.04 Å². The topological polar surface area (TPSA) is 44.4 Å². The largest absolute Gasteiger partial charge is 0.457 e. The minimum Gasteiger partial charge on any atom is -0.457 e. The highest BCUT2D eigenvalue weighted by atomic mass is 19.1. The van der Waals surface area contributed by atoms with Crippen molar-refractivity contribution in [1.82, 2.24) is 20.0 Å². The van der Waals surface area contributed by atoms with E-state index in [0.717, 1.165) is 65.6 Å². The molecule has 39 heavy (non-hydrogen) atoms. The second-order valence-corrected chi connectivity index (χ2v) is 9.98. The lowest BCUT2D eigenvalue weighted by molar-refractivity contribution is 0.127. The van der Waals surface area contributed by atoms with Gasteiger partial charge in [0, 0.05) is 37.3 Å². The van der Waals surface area contributed by atoms with E-state index in [2.05, 4.69) is 63.4 Å². The number of likely N-dealkylation sites (N-methyl/N-ethyl adjacent to an activating group) is 1. The second-order valence-electron chi connectivity index (χ2n) is 9.98. The van der Waals surface area contributed by atoms with E-state index in [9.17, 15) is 4.39 Å². The van der Waals surface area contributed by atoms with Crippen molar-refractivity contribution >= 4 is 0 Å². The number of para-hydroxylation sites is 1. The third kappa shape index (κ3) is 5.48. The van der Waals surface area contributed by atoms with Gasteiger partial charge in [0.2, 0.25) is 0 Å². The number of ether oxygens (including phenoxy) is 1. The summed E-state index contributed by atoms with van der Waals surface area (Å²) in [7, 11) is 2.15. The zero-order valence-corrected chi connectivity index (χ0v) is 21.9. The Labute approximate surface area is 228 Å². The summed E-state index contributed by atoms with van der Waals surface area (Å²) in [6.45, 7) is 3.82. The summed E-state index contributed by atoms with van der Waals surface area (Å²) in [5.74, 6) is 1.37. The van der Waals surface area contributed by atoms with Crippen LogP contribution in [0.1, 0.15) is 17.2 Å². The van der Waals surface area contributed by atoms with Gasteiger partial charge < -0.3 is 9.64 Å². The molecule has 5 nitrogen and oxygen atoms in total. The maximum Gasteiger partial charge on any atom is 0.132 e. The number of rotatable bonds is 7. The van der Waals surface area contributed by atoms with E-state index < -0.39 is 0 Å². The molecule has 1 aliphatic heterocycles. The molecule has 1 atom stereocenters. The van der Waals surface area contributed by atoms with E-state index >= 15 is 0 Å². The number of piperazine rings is 1. The zero-order valence-electron chi connectivity index (χ0n) is 21.9. The first-order chi connectivity index (χ1) is 19.2. The van der Waals surface area contributed by atoms with Crippen molar-refractivity contribution in [3.8, 4) is 33.9 Å². The van der Waals surface area contributed by atoms with Gasteiger partial charge in [-0.1, -0.05) is 66.7 Å². The Morgan fingerprint density at radius 1 is 0.744 bits per heavy atom. The number of aromatic nitrogens is 2. The van der Waals surface area contributed by atoms with Crippen molar-refractivity contribution in [3.63, 3.8) is 0 Å². The number of halogens is 1. The van der Waals surface area contributed by atoms with Gasteiger partial charge >= 0.3 is 0 Å². The van der Waals surface area contributed by atoms with E-state index in [-0.39, 0.29) is 11.9 Å². The maximum absolute atomic E-state index is 14.8. The van der Waals surface area contributed by atoms with Crippen LogP contribution in [0.2, 0.25) is 0 Å². The summed E-state index contributed by atoms with van der Waals surface area (Å²) in [6.07, 6.45) is 1.85. The van der Waals surface area contributed by atoms with E-state index in [0.29, 0.717) is 5.56 Å². The predicted octanol–water partition coefficient (Wildman–Crippen LogP) is 7.01. The first-order valence-corrected chi connectivity index (χ1v) is 13.3. The number of hydrogen-bond donors (Lipinski definition) is 1. The normalized spacial score (nSPS) is 15.2. The molecule has 6 heteroatoms. The number of H-pyrrole nitrogens is 1. The number of nitrogens with zero attached hydrogens (tertiary/aromatic N) is 3. The van der Waals surface area contributed by atoms with Crippen LogP contribution < -0.4 is 4.74 Å². The smallest absolute Gasteiger partial charge is 0.132 e. The quantitative estimate of drug-likeness (QED) is 0.252. The van der Waals surface area contributed by atoms with Crippen LogP contribution in [0.3, 0.4) is 0 Å². The Balaban J connectivity index is 1.29. The monoisotopic (exact) mass is 518 g/mol. The molecule has 0 bridgehead atoms. The van der Waals surface area contributed by atoms with Crippen molar-refractivity contribution in [1.29, 1.82) is 0 Å². The van der Waals surface area contributed by atoms with E-state index in [4.69, 9.17) is 4.74 Å². The van der Waals surface area contributed by atoms with Gasteiger partial charge in [-0.25, -0.2) is 4.39 Å². The molecule has 4 aromatic carbocycles. The number of aromatic amines is 1. The zero-order chi connectivity index (χ0) is 26.6. The van der Waals surface area contributed by atoms with Crippen LogP contribution in [-0.4, -0.2) is 53.2 Å². The molecule has 1 unspecified atom stereocenters.